The molecule has 0 unspecified atom stereocenters. The van der Waals surface area contributed by atoms with Crippen molar-refractivity contribution < 1.29 is 0 Å². The van der Waals surface area contributed by atoms with E-state index >= 15 is 0 Å². The summed E-state index contributed by atoms with van der Waals surface area (Å²) in [6.07, 6.45) is 0. The van der Waals surface area contributed by atoms with Crippen molar-refractivity contribution in [1.82, 2.24) is 0 Å². The molecule has 0 amide bonds. The van der Waals surface area contributed by atoms with Gasteiger partial charge in [0.15, 0.2) is 0 Å². The third kappa shape index (κ3) is 3.07. The Morgan fingerprint density at radius 1 is 0.850 bits per heavy atom. The Morgan fingerprint density at radius 3 is 1.70 bits per heavy atom. The van der Waals surface area contributed by atoms with Crippen LogP contribution in [0.15, 0.2) is 17.0 Å². The predicted octanol–water partition coefficient (Wildman–Crippen LogP) is 5.94. The summed E-state index contributed by atoms with van der Waals surface area (Å²) in [4.78, 5) is 6.08. The first-order chi connectivity index (χ1) is 9.00. The van der Waals surface area contributed by atoms with E-state index in [2.05, 4.69) is 66.3 Å². The summed E-state index contributed by atoms with van der Waals surface area (Å²) < 4.78 is 0. The number of thiol groups is 1. The van der Waals surface area contributed by atoms with Crippen molar-refractivity contribution in [3.63, 3.8) is 0 Å². The summed E-state index contributed by atoms with van der Waals surface area (Å²) in [5, 5.41) is 0. The Bertz CT molecular complexity index is 565. The zero-order valence-corrected chi connectivity index (χ0v) is 15.5. The molecule has 2 rings (SSSR count). The standard InChI is InChI=1S/C16H23NS3/c1-15(2,3)11-7-9(17)13(19-11)14-10(18)8-12(20-14)16(4,5)6/h7-8,18H,17H2,1-6H3. The molecule has 0 fully saturated rings. The average molecular weight is 326 g/mol. The van der Waals surface area contributed by atoms with E-state index in [4.69, 9.17) is 5.73 Å². The summed E-state index contributed by atoms with van der Waals surface area (Å²) in [5.41, 5.74) is 7.40. The van der Waals surface area contributed by atoms with Crippen LogP contribution in [0.25, 0.3) is 9.75 Å². The molecule has 0 spiro atoms. The third-order valence-corrected chi connectivity index (χ3v) is 6.96. The minimum Gasteiger partial charge on any atom is -0.398 e. The molecular formula is C16H23NS3. The Balaban J connectivity index is 2.53. The van der Waals surface area contributed by atoms with E-state index in [1.807, 2.05) is 11.3 Å². The maximum absolute atomic E-state index is 6.24. The number of nitrogens with two attached hydrogens (primary N) is 1. The van der Waals surface area contributed by atoms with Crippen LogP contribution in [-0.4, -0.2) is 0 Å². The average Bonchev–Trinajstić information content (AvgIpc) is 2.80. The molecule has 1 nitrogen and oxygen atoms in total. The van der Waals surface area contributed by atoms with Crippen LogP contribution in [0.5, 0.6) is 0 Å². The van der Waals surface area contributed by atoms with Crippen molar-refractivity contribution >= 4 is 41.0 Å². The van der Waals surface area contributed by atoms with Gasteiger partial charge in [0.05, 0.1) is 15.4 Å². The Hall–Kier alpha value is -0.450. The summed E-state index contributed by atoms with van der Waals surface area (Å²) in [7, 11) is 0. The normalized spacial score (nSPS) is 12.9. The van der Waals surface area contributed by atoms with Gasteiger partial charge in [0.2, 0.25) is 0 Å². The van der Waals surface area contributed by atoms with Gasteiger partial charge in [-0.05, 0) is 23.0 Å². The van der Waals surface area contributed by atoms with Gasteiger partial charge in [0.1, 0.15) is 0 Å². The highest BCUT2D eigenvalue weighted by atomic mass is 32.1. The van der Waals surface area contributed by atoms with Crippen LogP contribution in [0, 0.1) is 0 Å². The summed E-state index contributed by atoms with van der Waals surface area (Å²) in [6, 6.07) is 4.29. The summed E-state index contributed by atoms with van der Waals surface area (Å²) in [5.74, 6) is 0. The summed E-state index contributed by atoms with van der Waals surface area (Å²) >= 11 is 8.26. The number of thiophene rings is 2. The smallest absolute Gasteiger partial charge is 0.0686 e. The van der Waals surface area contributed by atoms with Gasteiger partial charge in [-0.25, -0.2) is 0 Å². The quantitative estimate of drug-likeness (QED) is 0.623. The maximum Gasteiger partial charge on any atom is 0.0686 e. The number of anilines is 1. The lowest BCUT2D eigenvalue weighted by atomic mass is 9.94. The van der Waals surface area contributed by atoms with Crippen molar-refractivity contribution in [3.8, 4) is 9.75 Å². The number of hydrogen-bond donors (Lipinski definition) is 2. The van der Waals surface area contributed by atoms with Gasteiger partial charge in [0.25, 0.3) is 0 Å². The van der Waals surface area contributed by atoms with Crippen molar-refractivity contribution in [2.45, 2.75) is 57.3 Å². The molecule has 0 aliphatic carbocycles. The molecule has 0 atom stereocenters. The lowest BCUT2D eigenvalue weighted by Crippen LogP contribution is -2.07. The second kappa shape index (κ2) is 5.08. The molecule has 0 radical (unpaired) electrons. The van der Waals surface area contributed by atoms with Gasteiger partial charge < -0.3 is 5.73 Å². The van der Waals surface area contributed by atoms with E-state index in [1.54, 1.807) is 11.3 Å². The number of rotatable bonds is 1. The van der Waals surface area contributed by atoms with E-state index in [0.29, 0.717) is 0 Å². The van der Waals surface area contributed by atoms with E-state index in [-0.39, 0.29) is 10.8 Å². The largest absolute Gasteiger partial charge is 0.398 e. The zero-order valence-electron chi connectivity index (χ0n) is 13.0. The van der Waals surface area contributed by atoms with Crippen LogP contribution in [0.4, 0.5) is 5.69 Å². The molecule has 20 heavy (non-hydrogen) atoms. The van der Waals surface area contributed by atoms with Crippen LogP contribution in [-0.2, 0) is 10.8 Å². The number of hydrogen-bond acceptors (Lipinski definition) is 4. The Morgan fingerprint density at radius 2 is 1.30 bits per heavy atom. The van der Waals surface area contributed by atoms with E-state index < -0.39 is 0 Å². The first kappa shape index (κ1) is 15.9. The SMILES string of the molecule is CC(C)(C)c1cc(N)c(-c2sc(C(C)(C)C)cc2S)s1. The molecule has 2 aromatic rings. The topological polar surface area (TPSA) is 26.0 Å². The molecule has 0 bridgehead atoms. The molecule has 2 N–H and O–H groups in total. The van der Waals surface area contributed by atoms with E-state index in [1.165, 1.54) is 19.5 Å². The molecule has 2 aromatic heterocycles. The van der Waals surface area contributed by atoms with Gasteiger partial charge >= 0.3 is 0 Å². The van der Waals surface area contributed by atoms with Crippen LogP contribution >= 0.6 is 35.3 Å². The van der Waals surface area contributed by atoms with Gasteiger partial charge in [0, 0.05) is 14.6 Å². The van der Waals surface area contributed by atoms with Crippen molar-refractivity contribution in [3.05, 3.63) is 21.9 Å². The molecule has 0 saturated heterocycles. The molecule has 0 saturated carbocycles. The molecule has 0 aliphatic heterocycles. The molecule has 0 aromatic carbocycles. The molecule has 0 aliphatic rings. The lowest BCUT2D eigenvalue weighted by molar-refractivity contribution is 0.603. The van der Waals surface area contributed by atoms with E-state index in [9.17, 15) is 0 Å². The predicted molar refractivity (Wildman–Crippen MR) is 96.7 cm³/mol. The second-order valence-corrected chi connectivity index (χ2v) is 9.81. The van der Waals surface area contributed by atoms with E-state index in [0.717, 1.165) is 10.6 Å². The zero-order chi connectivity index (χ0) is 15.3. The monoisotopic (exact) mass is 325 g/mol. The van der Waals surface area contributed by atoms with Crippen molar-refractivity contribution in [2.75, 3.05) is 5.73 Å². The van der Waals surface area contributed by atoms with Crippen molar-refractivity contribution in [2.24, 2.45) is 0 Å². The van der Waals surface area contributed by atoms with Gasteiger partial charge in [-0.2, -0.15) is 0 Å². The van der Waals surface area contributed by atoms with Gasteiger partial charge in [-0.3, -0.25) is 0 Å². The molecular weight excluding hydrogens is 302 g/mol. The molecule has 110 valence electrons. The summed E-state index contributed by atoms with van der Waals surface area (Å²) in [6.45, 7) is 13.4. The van der Waals surface area contributed by atoms with Crippen LogP contribution < -0.4 is 5.73 Å². The van der Waals surface area contributed by atoms with Crippen molar-refractivity contribution in [1.29, 1.82) is 0 Å². The molecule has 4 heteroatoms. The third-order valence-electron chi connectivity index (χ3n) is 3.16. The highest BCUT2D eigenvalue weighted by Crippen LogP contribution is 2.47. The first-order valence-corrected chi connectivity index (χ1v) is 8.81. The first-order valence-electron chi connectivity index (χ1n) is 6.73. The van der Waals surface area contributed by atoms with Crippen LogP contribution in [0.2, 0.25) is 0 Å². The Labute approximate surface area is 135 Å². The minimum absolute atomic E-state index is 0.137. The Kier molecular flexibility index (Phi) is 4.04. The van der Waals surface area contributed by atoms with Gasteiger partial charge in [-0.15, -0.1) is 35.3 Å². The number of nitrogen functional groups attached to an aromatic ring is 1. The minimum atomic E-state index is 0.137. The second-order valence-electron chi connectivity index (χ2n) is 7.22. The highest BCUT2D eigenvalue weighted by molar-refractivity contribution is 7.80. The lowest BCUT2D eigenvalue weighted by Gasteiger charge is -2.15. The van der Waals surface area contributed by atoms with Crippen LogP contribution in [0.3, 0.4) is 0 Å². The van der Waals surface area contributed by atoms with Gasteiger partial charge in [-0.1, -0.05) is 41.5 Å². The molecule has 2 heterocycles. The fourth-order valence-corrected chi connectivity index (χ4v) is 4.83. The highest BCUT2D eigenvalue weighted by Gasteiger charge is 2.24. The van der Waals surface area contributed by atoms with Crippen LogP contribution in [0.1, 0.15) is 51.3 Å². The fraction of sp³-hybridized carbons (Fsp3) is 0.500. The fourth-order valence-electron chi connectivity index (χ4n) is 1.87. The maximum atomic E-state index is 6.24.